The summed E-state index contributed by atoms with van der Waals surface area (Å²) in [6.07, 6.45) is -2.85. The summed E-state index contributed by atoms with van der Waals surface area (Å²) in [6.45, 7) is 3.52. The maximum absolute atomic E-state index is 14.1. The summed E-state index contributed by atoms with van der Waals surface area (Å²) >= 11 is 6.14. The number of aliphatic hydroxyl groups is 1. The zero-order chi connectivity index (χ0) is 15.0. The number of rotatable bonds is 3. The van der Waals surface area contributed by atoms with E-state index in [0.717, 1.165) is 10.8 Å². The van der Waals surface area contributed by atoms with Crippen LogP contribution in [0.15, 0.2) is 32.9 Å². The summed E-state index contributed by atoms with van der Waals surface area (Å²) in [7, 11) is 0. The average molecular weight is 414 g/mol. The molecule has 20 heavy (non-hydrogen) atoms. The number of aliphatic hydroxyl groups excluding tert-OH is 1. The second-order valence-corrected chi connectivity index (χ2v) is 6.16. The van der Waals surface area contributed by atoms with Gasteiger partial charge in [0.05, 0.1) is 9.30 Å². The largest absolute Gasteiger partial charge is 0.387 e. The molecule has 1 unspecified atom stereocenters. The molecule has 6 nitrogen and oxygen atoms in total. The van der Waals surface area contributed by atoms with Crippen LogP contribution in [0.5, 0.6) is 0 Å². The molecular formula is C11H11Br2FN2O4. The first kappa shape index (κ1) is 15.6. The topological polar surface area (TPSA) is 84.3 Å². The average Bonchev–Trinajstić information content (AvgIpc) is 2.70. The molecule has 1 fully saturated rings. The number of nitrogens with one attached hydrogen (secondary N) is 1. The number of aromatic nitrogens is 2. The van der Waals surface area contributed by atoms with Crippen LogP contribution in [-0.2, 0) is 4.74 Å². The Balaban J connectivity index is 2.39. The van der Waals surface area contributed by atoms with Crippen LogP contribution in [0.1, 0.15) is 6.23 Å². The van der Waals surface area contributed by atoms with Gasteiger partial charge >= 0.3 is 5.69 Å². The van der Waals surface area contributed by atoms with Gasteiger partial charge in [0, 0.05) is 6.20 Å². The molecule has 1 aromatic rings. The summed E-state index contributed by atoms with van der Waals surface area (Å²) in [6, 6.07) is 0. The third-order valence-electron chi connectivity index (χ3n) is 2.97. The zero-order valence-electron chi connectivity index (χ0n) is 10.0. The van der Waals surface area contributed by atoms with Gasteiger partial charge in [-0.3, -0.25) is 14.3 Å². The second kappa shape index (κ2) is 5.92. The van der Waals surface area contributed by atoms with Gasteiger partial charge in [0.15, 0.2) is 12.4 Å². The van der Waals surface area contributed by atoms with E-state index in [1.807, 2.05) is 4.98 Å². The Bertz CT molecular complexity index is 632. The van der Waals surface area contributed by atoms with Crippen LogP contribution in [0.4, 0.5) is 4.39 Å². The van der Waals surface area contributed by atoms with Crippen LogP contribution in [0.25, 0.3) is 0 Å². The minimum Gasteiger partial charge on any atom is -0.387 e. The van der Waals surface area contributed by atoms with Gasteiger partial charge in [-0.05, 0) is 15.9 Å². The predicted molar refractivity (Wildman–Crippen MR) is 76.7 cm³/mol. The standard InChI is InChI=1S/C11H11Br2FN2O4/c1-2-4(12)8-7(17)6(14)10(20-8)16-3-5(13)9(18)15-11(16)19/h2-4,6-8,10,17H,1H2,(H,15,18,19)/t4?,6-,7+,8-,10-/m1/s1. The predicted octanol–water partition coefficient (Wildman–Crippen LogP) is 0.845. The van der Waals surface area contributed by atoms with Crippen LogP contribution in [0.3, 0.4) is 0 Å². The molecule has 1 saturated heterocycles. The molecule has 1 aliphatic heterocycles. The number of alkyl halides is 2. The molecule has 2 heterocycles. The highest BCUT2D eigenvalue weighted by molar-refractivity contribution is 9.10. The van der Waals surface area contributed by atoms with Gasteiger partial charge in [-0.15, -0.1) is 6.58 Å². The van der Waals surface area contributed by atoms with Crippen molar-refractivity contribution in [1.29, 1.82) is 0 Å². The third kappa shape index (κ3) is 2.67. The lowest BCUT2D eigenvalue weighted by Gasteiger charge is -2.17. The molecule has 0 spiro atoms. The van der Waals surface area contributed by atoms with Crippen molar-refractivity contribution in [3.63, 3.8) is 0 Å². The minimum absolute atomic E-state index is 0.0601. The van der Waals surface area contributed by atoms with Gasteiger partial charge in [-0.1, -0.05) is 22.0 Å². The number of halogens is 3. The summed E-state index contributed by atoms with van der Waals surface area (Å²) in [5, 5.41) is 9.83. The maximum atomic E-state index is 14.1. The lowest BCUT2D eigenvalue weighted by Crippen LogP contribution is -2.36. The van der Waals surface area contributed by atoms with E-state index in [-0.39, 0.29) is 4.47 Å². The molecule has 110 valence electrons. The molecular weight excluding hydrogens is 403 g/mol. The Morgan fingerprint density at radius 3 is 2.85 bits per heavy atom. The molecule has 5 atom stereocenters. The Kier molecular flexibility index (Phi) is 4.62. The van der Waals surface area contributed by atoms with Crippen LogP contribution in [0, 0.1) is 0 Å². The lowest BCUT2D eigenvalue weighted by molar-refractivity contribution is -0.0224. The Labute approximate surface area is 129 Å². The van der Waals surface area contributed by atoms with Gasteiger partial charge in [0.25, 0.3) is 5.56 Å². The fourth-order valence-corrected chi connectivity index (χ4v) is 2.69. The quantitative estimate of drug-likeness (QED) is 0.568. The molecule has 1 aromatic heterocycles. The van der Waals surface area contributed by atoms with Gasteiger partial charge in [0.1, 0.15) is 12.2 Å². The van der Waals surface area contributed by atoms with Crippen LogP contribution in [-0.4, -0.2) is 37.9 Å². The van der Waals surface area contributed by atoms with Gasteiger partial charge in [0.2, 0.25) is 0 Å². The first-order valence-electron chi connectivity index (χ1n) is 5.62. The van der Waals surface area contributed by atoms with E-state index in [4.69, 9.17) is 4.74 Å². The molecule has 0 saturated carbocycles. The van der Waals surface area contributed by atoms with Crippen molar-refractivity contribution in [2.24, 2.45) is 0 Å². The van der Waals surface area contributed by atoms with Crippen LogP contribution in [0.2, 0.25) is 0 Å². The van der Waals surface area contributed by atoms with Crippen molar-refractivity contribution >= 4 is 31.9 Å². The number of nitrogens with zero attached hydrogens (tertiary/aromatic N) is 1. The highest BCUT2D eigenvalue weighted by Gasteiger charge is 2.47. The van der Waals surface area contributed by atoms with E-state index < -0.39 is 40.7 Å². The first-order valence-corrected chi connectivity index (χ1v) is 7.33. The van der Waals surface area contributed by atoms with E-state index >= 15 is 0 Å². The molecule has 2 rings (SSSR count). The van der Waals surface area contributed by atoms with E-state index in [2.05, 4.69) is 38.4 Å². The van der Waals surface area contributed by atoms with Crippen molar-refractivity contribution in [2.45, 2.75) is 29.4 Å². The van der Waals surface area contributed by atoms with Crippen molar-refractivity contribution in [3.8, 4) is 0 Å². The van der Waals surface area contributed by atoms with Crippen molar-refractivity contribution < 1.29 is 14.2 Å². The molecule has 2 N–H and O–H groups in total. The molecule has 0 aromatic carbocycles. The van der Waals surface area contributed by atoms with Crippen molar-refractivity contribution in [3.05, 3.63) is 44.2 Å². The molecule has 0 amide bonds. The molecule has 0 radical (unpaired) electrons. The Morgan fingerprint density at radius 1 is 1.60 bits per heavy atom. The smallest absolute Gasteiger partial charge is 0.330 e. The molecule has 1 aliphatic rings. The van der Waals surface area contributed by atoms with Gasteiger partial charge < -0.3 is 9.84 Å². The minimum atomic E-state index is -1.81. The fourth-order valence-electron chi connectivity index (χ4n) is 1.93. The normalized spacial score (nSPS) is 31.2. The second-order valence-electron chi connectivity index (χ2n) is 4.25. The van der Waals surface area contributed by atoms with E-state index in [9.17, 15) is 19.1 Å². The SMILES string of the molecule is C=CC(Br)[C@H]1O[C@@H](n2cc(Br)c(=O)[nH]c2=O)[C@H](F)[C@@H]1O. The van der Waals surface area contributed by atoms with Crippen molar-refractivity contribution in [1.82, 2.24) is 9.55 Å². The lowest BCUT2D eigenvalue weighted by atomic mass is 10.1. The fraction of sp³-hybridized carbons (Fsp3) is 0.455. The van der Waals surface area contributed by atoms with Crippen LogP contribution < -0.4 is 11.2 Å². The molecule has 0 bridgehead atoms. The van der Waals surface area contributed by atoms with E-state index in [1.54, 1.807) is 0 Å². The van der Waals surface area contributed by atoms with Gasteiger partial charge in [-0.25, -0.2) is 9.18 Å². The molecule has 0 aliphatic carbocycles. The summed E-state index contributed by atoms with van der Waals surface area (Å²) < 4.78 is 20.5. The van der Waals surface area contributed by atoms with E-state index in [1.165, 1.54) is 6.08 Å². The zero-order valence-corrected chi connectivity index (χ0v) is 13.2. The third-order valence-corrected chi connectivity index (χ3v) is 4.43. The Hall–Kier alpha value is -0.770. The number of hydrogen-bond acceptors (Lipinski definition) is 4. The summed E-state index contributed by atoms with van der Waals surface area (Å²) in [4.78, 5) is 24.5. The number of hydrogen-bond donors (Lipinski definition) is 2. The Morgan fingerprint density at radius 2 is 2.25 bits per heavy atom. The highest BCUT2D eigenvalue weighted by atomic mass is 79.9. The maximum Gasteiger partial charge on any atom is 0.330 e. The first-order chi connectivity index (χ1) is 9.36. The summed E-state index contributed by atoms with van der Waals surface area (Å²) in [5.41, 5.74) is -1.44. The highest BCUT2D eigenvalue weighted by Crippen LogP contribution is 2.34. The monoisotopic (exact) mass is 412 g/mol. The van der Waals surface area contributed by atoms with Crippen molar-refractivity contribution in [2.75, 3.05) is 0 Å². The number of H-pyrrole nitrogens is 1. The van der Waals surface area contributed by atoms with Gasteiger partial charge in [-0.2, -0.15) is 0 Å². The number of ether oxygens (including phenoxy) is 1. The summed E-state index contributed by atoms with van der Waals surface area (Å²) in [5.74, 6) is 0. The van der Waals surface area contributed by atoms with Crippen LogP contribution >= 0.6 is 31.9 Å². The van der Waals surface area contributed by atoms with E-state index in [0.29, 0.717) is 0 Å². The molecule has 9 heteroatoms. The number of aromatic amines is 1.